The van der Waals surface area contributed by atoms with Crippen molar-refractivity contribution < 1.29 is 4.79 Å². The van der Waals surface area contributed by atoms with E-state index in [1.165, 1.54) is 5.54 Å². The summed E-state index contributed by atoms with van der Waals surface area (Å²) in [5, 5.41) is 0. The first-order valence-electron chi connectivity index (χ1n) is 2.81. The maximum absolute atomic E-state index is 10.4. The fourth-order valence-electron chi connectivity index (χ4n) is 0.501. The second-order valence-electron chi connectivity index (χ2n) is 1.75. The molecule has 0 unspecified atom stereocenters. The van der Waals surface area contributed by atoms with Gasteiger partial charge in [0.25, 0.3) is 0 Å². The van der Waals surface area contributed by atoms with Crippen LogP contribution in [0.4, 0.5) is 0 Å². The molecule has 0 aliphatic carbocycles. The second kappa shape index (κ2) is 4.39. The number of carbonyl (C=O) groups excluding carboxylic acids is 1. The Hall–Kier alpha value is -0.500. The molecule has 0 bridgehead atoms. The molecule has 9 heavy (non-hydrogen) atoms. The number of halogens is 1. The molecule has 0 radical (unpaired) electrons. The predicted molar refractivity (Wildman–Crippen MR) is 38.0 cm³/mol. The molecule has 2 nitrogen and oxygen atoms in total. The molecule has 0 atom stereocenters. The maximum atomic E-state index is 10.4. The van der Waals surface area contributed by atoms with E-state index in [2.05, 4.69) is 0 Å². The van der Waals surface area contributed by atoms with E-state index in [1.54, 1.807) is 0 Å². The lowest BCUT2D eigenvalue weighted by Crippen LogP contribution is -2.13. The third kappa shape index (κ3) is 3.14. The van der Waals surface area contributed by atoms with Crippen LogP contribution in [-0.2, 0) is 4.79 Å². The summed E-state index contributed by atoms with van der Waals surface area (Å²) in [5.41, 5.74) is 6.68. The summed E-state index contributed by atoms with van der Waals surface area (Å²) in [7, 11) is 0. The third-order valence-corrected chi connectivity index (χ3v) is 1.23. The number of amides is 1. The zero-order valence-corrected chi connectivity index (χ0v) is 6.11. The Morgan fingerprint density at radius 1 is 1.78 bits per heavy atom. The Morgan fingerprint density at radius 3 is 2.44 bits per heavy atom. The molecular weight excluding hydrogens is 138 g/mol. The molecule has 0 spiro atoms. The van der Waals surface area contributed by atoms with E-state index < -0.39 is 5.91 Å². The minimum absolute atomic E-state index is 0.424. The van der Waals surface area contributed by atoms with Gasteiger partial charge in [0.1, 0.15) is 0 Å². The molecule has 3 heteroatoms. The third-order valence-electron chi connectivity index (χ3n) is 0.968. The van der Waals surface area contributed by atoms with Crippen molar-refractivity contribution in [1.29, 1.82) is 0 Å². The number of rotatable bonds is 3. The van der Waals surface area contributed by atoms with Crippen molar-refractivity contribution in [3.05, 3.63) is 11.1 Å². The van der Waals surface area contributed by atoms with Crippen LogP contribution in [0.2, 0.25) is 0 Å². The molecule has 52 valence electrons. The summed E-state index contributed by atoms with van der Waals surface area (Å²) >= 11 is 5.28. The van der Waals surface area contributed by atoms with Crippen LogP contribution in [0.15, 0.2) is 11.1 Å². The Labute approximate surface area is 59.7 Å². The highest BCUT2D eigenvalue weighted by atomic mass is 35.5. The molecule has 0 aromatic heterocycles. The number of primary amides is 1. The van der Waals surface area contributed by atoms with Crippen LogP contribution in [0, 0.1) is 0 Å². The topological polar surface area (TPSA) is 43.1 Å². The zero-order chi connectivity index (χ0) is 7.28. The number of hydrogen-bond acceptors (Lipinski definition) is 1. The van der Waals surface area contributed by atoms with Gasteiger partial charge in [-0.05, 0) is 6.42 Å². The highest BCUT2D eigenvalue weighted by molar-refractivity contribution is 6.27. The molecule has 0 aromatic carbocycles. The average molecular weight is 148 g/mol. The molecule has 2 N–H and O–H groups in total. The lowest BCUT2D eigenvalue weighted by molar-refractivity contribution is -0.114. The summed E-state index contributed by atoms with van der Waals surface area (Å²) in [5.74, 6) is -0.424. The van der Waals surface area contributed by atoms with Gasteiger partial charge in [-0.25, -0.2) is 0 Å². The summed E-state index contributed by atoms with van der Waals surface area (Å²) < 4.78 is 0. The van der Waals surface area contributed by atoms with Gasteiger partial charge in [0.05, 0.1) is 0 Å². The number of nitrogens with two attached hydrogens (primary N) is 1. The Kier molecular flexibility index (Phi) is 4.14. The van der Waals surface area contributed by atoms with Gasteiger partial charge in [-0.3, -0.25) is 4.79 Å². The Balaban J connectivity index is 3.85. The molecule has 0 aliphatic heterocycles. The maximum Gasteiger partial charge on any atom is 0.245 e. The average Bonchev–Trinajstić information content (AvgIpc) is 1.82. The van der Waals surface area contributed by atoms with Crippen molar-refractivity contribution in [3.63, 3.8) is 0 Å². The molecule has 0 rings (SSSR count). The summed E-state index contributed by atoms with van der Waals surface area (Å²) in [6.45, 7) is 1.96. The molecular formula is C6H10ClNO. The van der Waals surface area contributed by atoms with Gasteiger partial charge in [-0.2, -0.15) is 0 Å². The van der Waals surface area contributed by atoms with E-state index in [-0.39, 0.29) is 0 Å². The fraction of sp³-hybridized carbons (Fsp3) is 0.500. The SMILES string of the molecule is CCCC(=CCl)C(N)=O. The van der Waals surface area contributed by atoms with Crippen molar-refractivity contribution in [2.24, 2.45) is 5.73 Å². The van der Waals surface area contributed by atoms with E-state index in [4.69, 9.17) is 17.3 Å². The van der Waals surface area contributed by atoms with E-state index in [0.29, 0.717) is 12.0 Å². The molecule has 0 aliphatic rings. The molecule has 0 saturated heterocycles. The second-order valence-corrected chi connectivity index (χ2v) is 1.97. The van der Waals surface area contributed by atoms with Crippen molar-refractivity contribution in [3.8, 4) is 0 Å². The summed E-state index contributed by atoms with van der Waals surface area (Å²) in [6.07, 6.45) is 1.56. The van der Waals surface area contributed by atoms with Crippen LogP contribution < -0.4 is 5.73 Å². The monoisotopic (exact) mass is 147 g/mol. The predicted octanol–water partition coefficient (Wildman–Crippen LogP) is 1.39. The largest absolute Gasteiger partial charge is 0.366 e. The smallest absolute Gasteiger partial charge is 0.245 e. The minimum atomic E-state index is -0.424. The number of hydrogen-bond donors (Lipinski definition) is 1. The first-order valence-corrected chi connectivity index (χ1v) is 3.25. The highest BCUT2D eigenvalue weighted by Gasteiger charge is 2.00. The van der Waals surface area contributed by atoms with Crippen LogP contribution >= 0.6 is 11.6 Å². The van der Waals surface area contributed by atoms with Crippen LogP contribution in [0.25, 0.3) is 0 Å². The van der Waals surface area contributed by atoms with Gasteiger partial charge in [0.2, 0.25) is 5.91 Å². The lowest BCUT2D eigenvalue weighted by atomic mass is 10.2. The van der Waals surface area contributed by atoms with Crippen LogP contribution in [0.5, 0.6) is 0 Å². The van der Waals surface area contributed by atoms with Crippen LogP contribution in [-0.4, -0.2) is 5.91 Å². The first-order chi connectivity index (χ1) is 4.22. The van der Waals surface area contributed by atoms with Gasteiger partial charge in [0, 0.05) is 11.1 Å². The fourth-order valence-corrected chi connectivity index (χ4v) is 0.718. The van der Waals surface area contributed by atoms with Crippen molar-refractivity contribution >= 4 is 17.5 Å². The summed E-state index contributed by atoms with van der Waals surface area (Å²) in [4.78, 5) is 10.4. The van der Waals surface area contributed by atoms with Crippen molar-refractivity contribution in [2.45, 2.75) is 19.8 Å². The molecule has 0 heterocycles. The molecule has 0 fully saturated rings. The molecule has 0 aromatic rings. The number of carbonyl (C=O) groups is 1. The van der Waals surface area contributed by atoms with Gasteiger partial charge < -0.3 is 5.73 Å². The van der Waals surface area contributed by atoms with Gasteiger partial charge in [-0.15, -0.1) is 0 Å². The Morgan fingerprint density at radius 2 is 2.33 bits per heavy atom. The van der Waals surface area contributed by atoms with Crippen LogP contribution in [0.1, 0.15) is 19.8 Å². The highest BCUT2D eigenvalue weighted by Crippen LogP contribution is 2.04. The zero-order valence-electron chi connectivity index (χ0n) is 5.36. The molecule has 1 amide bonds. The normalized spacial score (nSPS) is 11.6. The molecule has 0 saturated carbocycles. The van der Waals surface area contributed by atoms with E-state index >= 15 is 0 Å². The standard InChI is InChI=1S/C6H10ClNO/c1-2-3-5(4-7)6(8)9/h4H,2-3H2,1H3,(H2,8,9). The Bertz CT molecular complexity index is 131. The van der Waals surface area contributed by atoms with E-state index in [1.807, 2.05) is 6.92 Å². The van der Waals surface area contributed by atoms with Gasteiger partial charge in [-0.1, -0.05) is 24.9 Å². The first kappa shape index (κ1) is 8.50. The quantitative estimate of drug-likeness (QED) is 0.603. The van der Waals surface area contributed by atoms with E-state index in [0.717, 1.165) is 6.42 Å². The van der Waals surface area contributed by atoms with Gasteiger partial charge >= 0.3 is 0 Å². The van der Waals surface area contributed by atoms with E-state index in [9.17, 15) is 4.79 Å². The summed E-state index contributed by atoms with van der Waals surface area (Å²) in [6, 6.07) is 0. The van der Waals surface area contributed by atoms with Crippen molar-refractivity contribution in [2.75, 3.05) is 0 Å². The van der Waals surface area contributed by atoms with Gasteiger partial charge in [0.15, 0.2) is 0 Å². The minimum Gasteiger partial charge on any atom is -0.366 e. The lowest BCUT2D eigenvalue weighted by Gasteiger charge is -1.95. The van der Waals surface area contributed by atoms with Crippen molar-refractivity contribution in [1.82, 2.24) is 0 Å². The van der Waals surface area contributed by atoms with Crippen LogP contribution in [0.3, 0.4) is 0 Å².